The van der Waals surface area contributed by atoms with Gasteiger partial charge in [-0.15, -0.1) is 0 Å². The van der Waals surface area contributed by atoms with Crippen molar-refractivity contribution in [2.24, 2.45) is 5.73 Å². The van der Waals surface area contributed by atoms with Crippen LogP contribution in [0, 0.1) is 6.92 Å². The number of carbonyl (C=O) groups excluding carboxylic acids is 1. The highest BCUT2D eigenvalue weighted by Crippen LogP contribution is 2.17. The number of thiocarbonyl (C=S) groups is 1. The summed E-state index contributed by atoms with van der Waals surface area (Å²) in [5.74, 6) is 0.0648. The molecule has 0 aliphatic carbocycles. The molecule has 0 aliphatic rings. The summed E-state index contributed by atoms with van der Waals surface area (Å²) in [6, 6.07) is 0.149. The van der Waals surface area contributed by atoms with Gasteiger partial charge in [0.1, 0.15) is 0 Å². The van der Waals surface area contributed by atoms with Gasteiger partial charge in [-0.2, -0.15) is 11.3 Å². The quantitative estimate of drug-likeness (QED) is 0.837. The van der Waals surface area contributed by atoms with Gasteiger partial charge in [-0.1, -0.05) is 12.2 Å². The van der Waals surface area contributed by atoms with E-state index in [9.17, 15) is 4.79 Å². The highest BCUT2D eigenvalue weighted by molar-refractivity contribution is 7.80. The normalized spacial score (nSPS) is 10.6. The molecule has 1 aromatic rings. The molecule has 0 aliphatic heterocycles. The van der Waals surface area contributed by atoms with E-state index in [2.05, 4.69) is 0 Å². The summed E-state index contributed by atoms with van der Waals surface area (Å²) < 4.78 is 0. The molecule has 17 heavy (non-hydrogen) atoms. The van der Waals surface area contributed by atoms with Crippen LogP contribution >= 0.6 is 23.6 Å². The Balaban J connectivity index is 2.81. The van der Waals surface area contributed by atoms with Crippen LogP contribution < -0.4 is 5.73 Å². The fraction of sp³-hybridized carbons (Fsp3) is 0.500. The number of aryl methyl sites for hydroxylation is 1. The van der Waals surface area contributed by atoms with E-state index in [0.717, 1.165) is 11.1 Å². The molecule has 2 N–H and O–H groups in total. The summed E-state index contributed by atoms with van der Waals surface area (Å²) >= 11 is 6.40. The Kier molecular flexibility index (Phi) is 5.08. The van der Waals surface area contributed by atoms with Crippen molar-refractivity contribution in [3.8, 4) is 0 Å². The van der Waals surface area contributed by atoms with Crippen molar-refractivity contribution in [2.45, 2.75) is 33.2 Å². The number of rotatable bonds is 5. The first-order valence-corrected chi connectivity index (χ1v) is 6.90. The van der Waals surface area contributed by atoms with Crippen molar-refractivity contribution >= 4 is 34.5 Å². The summed E-state index contributed by atoms with van der Waals surface area (Å²) in [5, 5.41) is 3.88. The van der Waals surface area contributed by atoms with Crippen molar-refractivity contribution in [2.75, 3.05) is 6.54 Å². The van der Waals surface area contributed by atoms with Crippen LogP contribution in [0.3, 0.4) is 0 Å². The molecule has 0 atom stereocenters. The molecule has 3 nitrogen and oxygen atoms in total. The van der Waals surface area contributed by atoms with Gasteiger partial charge in [-0.3, -0.25) is 4.79 Å². The Bertz CT molecular complexity index is 412. The minimum absolute atomic E-state index is 0.0648. The van der Waals surface area contributed by atoms with E-state index >= 15 is 0 Å². The van der Waals surface area contributed by atoms with E-state index < -0.39 is 0 Å². The highest BCUT2D eigenvalue weighted by atomic mass is 32.1. The van der Waals surface area contributed by atoms with E-state index in [-0.39, 0.29) is 11.9 Å². The smallest absolute Gasteiger partial charge is 0.255 e. The van der Waals surface area contributed by atoms with Crippen LogP contribution in [0.15, 0.2) is 10.8 Å². The third-order valence-electron chi connectivity index (χ3n) is 2.57. The van der Waals surface area contributed by atoms with Crippen molar-refractivity contribution in [3.05, 3.63) is 21.9 Å². The van der Waals surface area contributed by atoms with Crippen molar-refractivity contribution < 1.29 is 4.79 Å². The second-order valence-corrected chi connectivity index (χ2v) is 5.55. The second-order valence-electron chi connectivity index (χ2n) is 4.28. The minimum atomic E-state index is 0.0648. The predicted molar refractivity (Wildman–Crippen MR) is 76.6 cm³/mol. The molecule has 0 aromatic carbocycles. The molecular formula is C12H18N2OS2. The van der Waals surface area contributed by atoms with E-state index in [4.69, 9.17) is 18.0 Å². The first kappa shape index (κ1) is 14.1. The average molecular weight is 270 g/mol. The highest BCUT2D eigenvalue weighted by Gasteiger charge is 2.20. The van der Waals surface area contributed by atoms with Crippen molar-refractivity contribution in [1.29, 1.82) is 0 Å². The summed E-state index contributed by atoms with van der Waals surface area (Å²) in [6.07, 6.45) is 0.572. The first-order valence-electron chi connectivity index (χ1n) is 5.55. The average Bonchev–Trinajstić information content (AvgIpc) is 2.63. The molecule has 0 spiro atoms. The van der Waals surface area contributed by atoms with Gasteiger partial charge < -0.3 is 10.6 Å². The topological polar surface area (TPSA) is 46.3 Å². The van der Waals surface area contributed by atoms with E-state index in [1.165, 1.54) is 0 Å². The van der Waals surface area contributed by atoms with Crippen molar-refractivity contribution in [3.63, 3.8) is 0 Å². The molecule has 1 aromatic heterocycles. The number of carbonyl (C=O) groups is 1. The maximum Gasteiger partial charge on any atom is 0.255 e. The maximum atomic E-state index is 12.3. The summed E-state index contributed by atoms with van der Waals surface area (Å²) in [5.41, 5.74) is 7.30. The molecule has 5 heteroatoms. The van der Waals surface area contributed by atoms with E-state index in [0.29, 0.717) is 18.0 Å². The monoisotopic (exact) mass is 270 g/mol. The molecule has 0 saturated carbocycles. The van der Waals surface area contributed by atoms with E-state index in [1.54, 1.807) is 11.3 Å². The fourth-order valence-electron chi connectivity index (χ4n) is 1.56. The van der Waals surface area contributed by atoms with Gasteiger partial charge in [-0.05, 0) is 31.7 Å². The summed E-state index contributed by atoms with van der Waals surface area (Å²) in [7, 11) is 0. The van der Waals surface area contributed by atoms with Crippen LogP contribution in [-0.4, -0.2) is 28.4 Å². The standard InChI is InChI=1S/C12H18N2OS2/c1-8(2)14(5-4-11(13)16)12(15)10-7-17-6-9(10)3/h6-8H,4-5H2,1-3H3,(H2,13,16). The number of hydrogen-bond acceptors (Lipinski definition) is 3. The Morgan fingerprint density at radius 3 is 2.59 bits per heavy atom. The maximum absolute atomic E-state index is 12.3. The van der Waals surface area contributed by atoms with Gasteiger partial charge in [0.25, 0.3) is 5.91 Å². The SMILES string of the molecule is Cc1cscc1C(=O)N(CCC(N)=S)C(C)C. The van der Waals surface area contributed by atoms with Gasteiger partial charge in [0.15, 0.2) is 0 Å². The van der Waals surface area contributed by atoms with Crippen molar-refractivity contribution in [1.82, 2.24) is 4.90 Å². The minimum Gasteiger partial charge on any atom is -0.393 e. The largest absolute Gasteiger partial charge is 0.393 e. The lowest BCUT2D eigenvalue weighted by Crippen LogP contribution is -2.39. The number of thiophene rings is 1. The van der Waals surface area contributed by atoms with E-state index in [1.807, 2.05) is 36.4 Å². The number of nitrogens with zero attached hydrogens (tertiary/aromatic N) is 1. The molecule has 94 valence electrons. The number of hydrogen-bond donors (Lipinski definition) is 1. The van der Waals surface area contributed by atoms with Gasteiger partial charge in [-0.25, -0.2) is 0 Å². The zero-order valence-corrected chi connectivity index (χ0v) is 12.0. The molecule has 0 radical (unpaired) electrons. The lowest BCUT2D eigenvalue weighted by molar-refractivity contribution is 0.0711. The van der Waals surface area contributed by atoms with Gasteiger partial charge in [0, 0.05) is 24.4 Å². The van der Waals surface area contributed by atoms with Crippen LogP contribution in [0.25, 0.3) is 0 Å². The molecular weight excluding hydrogens is 252 g/mol. The predicted octanol–water partition coefficient (Wildman–Crippen LogP) is 2.58. The Hall–Kier alpha value is -0.940. The Labute approximate surface area is 112 Å². The second kappa shape index (κ2) is 6.12. The number of amides is 1. The summed E-state index contributed by atoms with van der Waals surface area (Å²) in [6.45, 7) is 6.54. The van der Waals surface area contributed by atoms with Crippen LogP contribution in [0.1, 0.15) is 36.2 Å². The van der Waals surface area contributed by atoms with Crippen LogP contribution in [0.5, 0.6) is 0 Å². The zero-order chi connectivity index (χ0) is 13.0. The number of nitrogens with two attached hydrogens (primary N) is 1. The molecule has 0 saturated heterocycles. The Morgan fingerprint density at radius 2 is 2.18 bits per heavy atom. The van der Waals surface area contributed by atoms with Gasteiger partial charge in [0.05, 0.1) is 10.6 Å². The fourth-order valence-corrected chi connectivity index (χ4v) is 2.47. The lowest BCUT2D eigenvalue weighted by Gasteiger charge is -2.26. The molecule has 1 heterocycles. The third kappa shape index (κ3) is 3.78. The Morgan fingerprint density at radius 1 is 1.53 bits per heavy atom. The lowest BCUT2D eigenvalue weighted by atomic mass is 10.1. The third-order valence-corrected chi connectivity index (χ3v) is 3.63. The van der Waals surface area contributed by atoms with Gasteiger partial charge >= 0.3 is 0 Å². The molecule has 1 amide bonds. The van der Waals surface area contributed by atoms with Crippen LogP contribution in [0.4, 0.5) is 0 Å². The van der Waals surface area contributed by atoms with Crippen LogP contribution in [-0.2, 0) is 0 Å². The van der Waals surface area contributed by atoms with Crippen LogP contribution in [0.2, 0.25) is 0 Å². The molecule has 0 unspecified atom stereocenters. The zero-order valence-electron chi connectivity index (χ0n) is 10.4. The summed E-state index contributed by atoms with van der Waals surface area (Å²) in [4.78, 5) is 14.6. The van der Waals surface area contributed by atoms with Gasteiger partial charge in [0.2, 0.25) is 0 Å². The first-order chi connectivity index (χ1) is 7.93. The molecule has 1 rings (SSSR count). The molecule has 0 fully saturated rings. The molecule has 0 bridgehead atoms.